The van der Waals surface area contributed by atoms with Crippen LogP contribution in [0.5, 0.6) is 0 Å². The van der Waals surface area contributed by atoms with Gasteiger partial charge in [-0.05, 0) is 38.0 Å². The average molecular weight is 283 g/mol. The molecule has 1 fully saturated rings. The molecule has 1 aromatic rings. The highest BCUT2D eigenvalue weighted by Crippen LogP contribution is 2.36. The summed E-state index contributed by atoms with van der Waals surface area (Å²) in [5.74, 6) is -1.52. The number of primary amides is 1. The summed E-state index contributed by atoms with van der Waals surface area (Å²) in [6.07, 6.45) is 1.28. The van der Waals surface area contributed by atoms with Gasteiger partial charge in [-0.15, -0.1) is 0 Å². The Kier molecular flexibility index (Phi) is 3.41. The molecule has 1 unspecified atom stereocenters. The number of halogens is 1. The number of rotatable bonds is 3. The number of hydrogen-bond donors (Lipinski definition) is 2. The topological polar surface area (TPSA) is 83.6 Å². The fourth-order valence-electron chi connectivity index (χ4n) is 2.51. The number of nitrogens with two attached hydrogens (primary N) is 1. The zero-order chi connectivity index (χ0) is 14.2. The van der Waals surface area contributed by atoms with Crippen LogP contribution < -0.4 is 10.6 Å². The minimum atomic E-state index is -1.02. The highest BCUT2D eigenvalue weighted by Gasteiger charge is 2.44. The lowest BCUT2D eigenvalue weighted by atomic mass is 9.98. The number of nitrogens with zero attached hydrogens (tertiary/aromatic N) is 1. The Morgan fingerprint density at radius 1 is 1.47 bits per heavy atom. The minimum absolute atomic E-state index is 0.252. The van der Waals surface area contributed by atoms with E-state index in [0.29, 0.717) is 23.7 Å². The number of aliphatic carboxylic acids is 1. The highest BCUT2D eigenvalue weighted by atomic mass is 35.5. The maximum Gasteiger partial charge on any atom is 0.329 e. The van der Waals surface area contributed by atoms with Crippen LogP contribution in [0.15, 0.2) is 18.2 Å². The molecule has 5 nitrogen and oxygen atoms in total. The summed E-state index contributed by atoms with van der Waals surface area (Å²) in [4.78, 5) is 24.7. The van der Waals surface area contributed by atoms with Gasteiger partial charge in [-0.25, -0.2) is 4.79 Å². The minimum Gasteiger partial charge on any atom is -0.480 e. The highest BCUT2D eigenvalue weighted by molar-refractivity contribution is 6.31. The summed E-state index contributed by atoms with van der Waals surface area (Å²) >= 11 is 5.86. The average Bonchev–Trinajstić information content (AvgIpc) is 2.72. The molecule has 2 rings (SSSR count). The molecule has 0 spiro atoms. The van der Waals surface area contributed by atoms with Gasteiger partial charge in [0.05, 0.1) is 11.3 Å². The summed E-state index contributed by atoms with van der Waals surface area (Å²) in [6.45, 7) is 2.23. The number of anilines is 1. The standard InChI is InChI=1S/C13H15ClN2O3/c1-13(12(18)19)5-2-6-16(13)10-4-3-8(14)7-9(10)11(15)17/h3-4,7H,2,5-6H2,1H3,(H2,15,17)(H,18,19). The van der Waals surface area contributed by atoms with Crippen molar-refractivity contribution in [2.45, 2.75) is 25.3 Å². The van der Waals surface area contributed by atoms with Crippen LogP contribution in [0.1, 0.15) is 30.1 Å². The van der Waals surface area contributed by atoms with Gasteiger partial charge >= 0.3 is 5.97 Å². The van der Waals surface area contributed by atoms with Crippen LogP contribution in [-0.2, 0) is 4.79 Å². The lowest BCUT2D eigenvalue weighted by Gasteiger charge is -2.34. The molecule has 0 aromatic heterocycles. The maximum absolute atomic E-state index is 11.5. The fourth-order valence-corrected chi connectivity index (χ4v) is 2.68. The second-order valence-corrected chi connectivity index (χ2v) is 5.30. The van der Waals surface area contributed by atoms with Crippen LogP contribution in [0.25, 0.3) is 0 Å². The van der Waals surface area contributed by atoms with Crippen LogP contribution in [0.3, 0.4) is 0 Å². The van der Waals surface area contributed by atoms with Crippen LogP contribution in [0, 0.1) is 0 Å². The van der Waals surface area contributed by atoms with E-state index in [1.54, 1.807) is 24.0 Å². The normalized spacial score (nSPS) is 22.5. The van der Waals surface area contributed by atoms with Gasteiger partial charge in [0.25, 0.3) is 5.91 Å². The first kappa shape index (κ1) is 13.7. The molecule has 0 bridgehead atoms. The molecule has 3 N–H and O–H groups in total. The zero-order valence-electron chi connectivity index (χ0n) is 10.5. The molecule has 1 amide bonds. The van der Waals surface area contributed by atoms with Crippen LogP contribution in [0.4, 0.5) is 5.69 Å². The smallest absolute Gasteiger partial charge is 0.329 e. The second-order valence-electron chi connectivity index (χ2n) is 4.86. The van der Waals surface area contributed by atoms with E-state index in [-0.39, 0.29) is 5.56 Å². The Morgan fingerprint density at radius 2 is 2.16 bits per heavy atom. The number of amides is 1. The van der Waals surface area contributed by atoms with E-state index in [2.05, 4.69) is 0 Å². The molecule has 1 aromatic carbocycles. The first-order valence-electron chi connectivity index (χ1n) is 5.96. The third kappa shape index (κ3) is 2.26. The number of carbonyl (C=O) groups is 2. The predicted octanol–water partition coefficient (Wildman–Crippen LogP) is 1.88. The second kappa shape index (κ2) is 4.74. The van der Waals surface area contributed by atoms with E-state index in [1.165, 1.54) is 6.07 Å². The van der Waals surface area contributed by atoms with Crippen molar-refractivity contribution in [2.24, 2.45) is 5.73 Å². The van der Waals surface area contributed by atoms with Crippen molar-refractivity contribution in [1.29, 1.82) is 0 Å². The predicted molar refractivity (Wildman–Crippen MR) is 72.6 cm³/mol. The quantitative estimate of drug-likeness (QED) is 0.887. The van der Waals surface area contributed by atoms with Crippen molar-refractivity contribution in [1.82, 2.24) is 0 Å². The molecule has 0 aliphatic carbocycles. The van der Waals surface area contributed by atoms with E-state index in [9.17, 15) is 14.7 Å². The van der Waals surface area contributed by atoms with Crippen molar-refractivity contribution >= 4 is 29.2 Å². The summed E-state index contributed by atoms with van der Waals surface area (Å²) in [7, 11) is 0. The SMILES string of the molecule is CC1(C(=O)O)CCCN1c1ccc(Cl)cc1C(N)=O. The van der Waals surface area contributed by atoms with Crippen molar-refractivity contribution < 1.29 is 14.7 Å². The molecule has 1 saturated heterocycles. The number of hydrogen-bond acceptors (Lipinski definition) is 3. The van der Waals surface area contributed by atoms with Crippen molar-refractivity contribution in [3.8, 4) is 0 Å². The maximum atomic E-state index is 11.5. The largest absolute Gasteiger partial charge is 0.480 e. The van der Waals surface area contributed by atoms with Crippen LogP contribution >= 0.6 is 11.6 Å². The van der Waals surface area contributed by atoms with Crippen molar-refractivity contribution in [3.05, 3.63) is 28.8 Å². The summed E-state index contributed by atoms with van der Waals surface area (Å²) in [5, 5.41) is 9.80. The van der Waals surface area contributed by atoms with E-state index < -0.39 is 17.4 Å². The van der Waals surface area contributed by atoms with Gasteiger partial charge in [0, 0.05) is 11.6 Å². The fraction of sp³-hybridized carbons (Fsp3) is 0.385. The molecule has 0 saturated carbocycles. The number of benzene rings is 1. The van der Waals surface area contributed by atoms with Gasteiger partial charge in [-0.2, -0.15) is 0 Å². The first-order chi connectivity index (χ1) is 8.86. The summed E-state index contributed by atoms with van der Waals surface area (Å²) in [6, 6.07) is 4.75. The van der Waals surface area contributed by atoms with Gasteiger partial charge in [0.2, 0.25) is 0 Å². The Morgan fingerprint density at radius 3 is 2.74 bits per heavy atom. The lowest BCUT2D eigenvalue weighted by Crippen LogP contribution is -2.48. The molecule has 1 aliphatic heterocycles. The number of carboxylic acids is 1. The molecular formula is C13H15ClN2O3. The molecule has 1 aliphatic rings. The van der Waals surface area contributed by atoms with Gasteiger partial charge in [0.15, 0.2) is 0 Å². The summed E-state index contributed by atoms with van der Waals surface area (Å²) < 4.78 is 0. The Balaban J connectivity index is 2.53. The Bertz CT molecular complexity index is 547. The monoisotopic (exact) mass is 282 g/mol. The van der Waals surface area contributed by atoms with E-state index in [0.717, 1.165) is 6.42 Å². The van der Waals surface area contributed by atoms with Gasteiger partial charge in [-0.1, -0.05) is 11.6 Å². The molecule has 6 heteroatoms. The van der Waals surface area contributed by atoms with Crippen molar-refractivity contribution in [2.75, 3.05) is 11.4 Å². The summed E-state index contributed by atoms with van der Waals surface area (Å²) in [5.41, 5.74) is 5.11. The van der Waals surface area contributed by atoms with Crippen LogP contribution in [0.2, 0.25) is 5.02 Å². The van der Waals surface area contributed by atoms with Gasteiger partial charge in [0.1, 0.15) is 5.54 Å². The third-order valence-electron chi connectivity index (χ3n) is 3.62. The zero-order valence-corrected chi connectivity index (χ0v) is 11.3. The Hall–Kier alpha value is -1.75. The van der Waals surface area contributed by atoms with Gasteiger partial charge < -0.3 is 15.7 Å². The van der Waals surface area contributed by atoms with Crippen LogP contribution in [-0.4, -0.2) is 29.1 Å². The third-order valence-corrected chi connectivity index (χ3v) is 3.85. The van der Waals surface area contributed by atoms with Crippen molar-refractivity contribution in [3.63, 3.8) is 0 Å². The Labute approximate surface area is 116 Å². The number of carboxylic acid groups (broad SMARTS) is 1. The lowest BCUT2D eigenvalue weighted by molar-refractivity contribution is -0.142. The van der Waals surface area contributed by atoms with E-state index in [4.69, 9.17) is 17.3 Å². The molecule has 1 heterocycles. The molecule has 0 radical (unpaired) electrons. The van der Waals surface area contributed by atoms with E-state index >= 15 is 0 Å². The molecule has 19 heavy (non-hydrogen) atoms. The first-order valence-corrected chi connectivity index (χ1v) is 6.34. The number of carbonyl (C=O) groups excluding carboxylic acids is 1. The molecule has 102 valence electrons. The van der Waals surface area contributed by atoms with E-state index in [1.807, 2.05) is 0 Å². The van der Waals surface area contributed by atoms with Gasteiger partial charge in [-0.3, -0.25) is 4.79 Å². The molecule has 1 atom stereocenters. The molecular weight excluding hydrogens is 268 g/mol.